The third-order valence-corrected chi connectivity index (χ3v) is 2.98. The molecule has 0 aliphatic heterocycles. The highest BCUT2D eigenvalue weighted by Gasteiger charge is 2.20. The molecule has 5 nitrogen and oxygen atoms in total. The number of aryl methyl sites for hydroxylation is 1. The van der Waals surface area contributed by atoms with Crippen LogP contribution in [0.4, 0.5) is 0 Å². The molecule has 0 radical (unpaired) electrons. The maximum absolute atomic E-state index is 4.27. The van der Waals surface area contributed by atoms with Gasteiger partial charge in [-0.2, -0.15) is 0 Å². The van der Waals surface area contributed by atoms with Crippen LogP contribution in [0.15, 0.2) is 24.7 Å². The number of pyridine rings is 1. The lowest BCUT2D eigenvalue weighted by molar-refractivity contribution is 0.685. The Bertz CT molecular complexity index is 515. The lowest BCUT2D eigenvalue weighted by atomic mass is 10.1. The Balaban J connectivity index is 1.80. The summed E-state index contributed by atoms with van der Waals surface area (Å²) < 4.78 is 1.76. The van der Waals surface area contributed by atoms with Gasteiger partial charge in [0.2, 0.25) is 0 Å². The van der Waals surface area contributed by atoms with Crippen LogP contribution in [-0.2, 0) is 13.6 Å². The molecule has 1 fully saturated rings. The Kier molecular flexibility index (Phi) is 2.60. The maximum atomic E-state index is 4.27. The highest BCUT2D eigenvalue weighted by Crippen LogP contribution is 2.20. The van der Waals surface area contributed by atoms with E-state index in [1.54, 1.807) is 10.9 Å². The molecule has 0 spiro atoms. The summed E-state index contributed by atoms with van der Waals surface area (Å²) in [7, 11) is 1.89. The molecule has 1 saturated carbocycles. The van der Waals surface area contributed by atoms with Crippen LogP contribution in [0.5, 0.6) is 0 Å². The van der Waals surface area contributed by atoms with E-state index in [2.05, 4.69) is 26.7 Å². The Hall–Kier alpha value is -1.75. The summed E-state index contributed by atoms with van der Waals surface area (Å²) in [5.41, 5.74) is 3.26. The highest BCUT2D eigenvalue weighted by molar-refractivity contribution is 5.57. The minimum Gasteiger partial charge on any atom is -0.310 e. The van der Waals surface area contributed by atoms with Gasteiger partial charge in [0.25, 0.3) is 0 Å². The second kappa shape index (κ2) is 4.25. The van der Waals surface area contributed by atoms with Gasteiger partial charge < -0.3 is 5.32 Å². The summed E-state index contributed by atoms with van der Waals surface area (Å²) in [6.45, 7) is 0.886. The fourth-order valence-electron chi connectivity index (χ4n) is 1.83. The van der Waals surface area contributed by atoms with Crippen molar-refractivity contribution in [3.63, 3.8) is 0 Å². The topological polar surface area (TPSA) is 55.6 Å². The van der Waals surface area contributed by atoms with Gasteiger partial charge in [0.1, 0.15) is 0 Å². The Labute approximate surface area is 99.9 Å². The standard InChI is InChI=1S/C12H15N5/c1-17-12(8-15-16-17)10-4-9(5-13-7-10)6-14-11-2-3-11/h4-5,7-8,11,14H,2-3,6H2,1H3. The number of hydrogen-bond donors (Lipinski definition) is 1. The van der Waals surface area contributed by atoms with Gasteiger partial charge in [-0.1, -0.05) is 5.21 Å². The first-order valence-corrected chi connectivity index (χ1v) is 5.85. The molecule has 88 valence electrons. The predicted octanol–water partition coefficient (Wildman–Crippen LogP) is 1.13. The first-order valence-electron chi connectivity index (χ1n) is 5.85. The molecule has 1 N–H and O–H groups in total. The molecule has 2 aromatic rings. The average Bonchev–Trinajstić information content (AvgIpc) is 3.08. The molecule has 0 bridgehead atoms. The minimum absolute atomic E-state index is 0.719. The Morgan fingerprint density at radius 1 is 1.35 bits per heavy atom. The zero-order chi connectivity index (χ0) is 11.7. The van der Waals surface area contributed by atoms with Gasteiger partial charge in [0.15, 0.2) is 0 Å². The van der Waals surface area contributed by atoms with Crippen LogP contribution < -0.4 is 5.32 Å². The summed E-state index contributed by atoms with van der Waals surface area (Å²) >= 11 is 0. The molecule has 17 heavy (non-hydrogen) atoms. The van der Waals surface area contributed by atoms with Crippen molar-refractivity contribution in [2.45, 2.75) is 25.4 Å². The van der Waals surface area contributed by atoms with Crippen LogP contribution in [0, 0.1) is 0 Å². The van der Waals surface area contributed by atoms with Crippen LogP contribution in [0.2, 0.25) is 0 Å². The van der Waals surface area contributed by atoms with Gasteiger partial charge in [-0.3, -0.25) is 4.98 Å². The van der Waals surface area contributed by atoms with Gasteiger partial charge >= 0.3 is 0 Å². The van der Waals surface area contributed by atoms with Gasteiger partial charge in [0, 0.05) is 37.6 Å². The lowest BCUT2D eigenvalue weighted by Gasteiger charge is -2.05. The van der Waals surface area contributed by atoms with E-state index >= 15 is 0 Å². The monoisotopic (exact) mass is 229 g/mol. The smallest absolute Gasteiger partial charge is 0.0897 e. The molecule has 1 aliphatic carbocycles. The summed E-state index contributed by atoms with van der Waals surface area (Å²) in [5, 5.41) is 11.3. The maximum Gasteiger partial charge on any atom is 0.0897 e. The van der Waals surface area contributed by atoms with Crippen molar-refractivity contribution in [2.75, 3.05) is 0 Å². The van der Waals surface area contributed by atoms with Crippen LogP contribution in [0.3, 0.4) is 0 Å². The Morgan fingerprint density at radius 3 is 2.94 bits per heavy atom. The van der Waals surface area contributed by atoms with Crippen molar-refractivity contribution in [3.05, 3.63) is 30.2 Å². The minimum atomic E-state index is 0.719. The molecule has 2 heterocycles. The van der Waals surface area contributed by atoms with Crippen LogP contribution in [-0.4, -0.2) is 26.0 Å². The number of nitrogens with zero attached hydrogens (tertiary/aromatic N) is 4. The van der Waals surface area contributed by atoms with E-state index in [1.807, 2.05) is 19.4 Å². The summed E-state index contributed by atoms with van der Waals surface area (Å²) in [6.07, 6.45) is 8.12. The van der Waals surface area contributed by atoms with Gasteiger partial charge in [-0.15, -0.1) is 5.10 Å². The molecule has 3 rings (SSSR count). The van der Waals surface area contributed by atoms with Gasteiger partial charge in [0.05, 0.1) is 11.9 Å². The second-order valence-corrected chi connectivity index (χ2v) is 4.48. The largest absolute Gasteiger partial charge is 0.310 e. The molecular formula is C12H15N5. The second-order valence-electron chi connectivity index (χ2n) is 4.48. The van der Waals surface area contributed by atoms with Crippen molar-refractivity contribution in [1.82, 2.24) is 25.3 Å². The molecule has 0 amide bonds. The fraction of sp³-hybridized carbons (Fsp3) is 0.417. The van der Waals surface area contributed by atoms with E-state index in [4.69, 9.17) is 0 Å². The summed E-state index contributed by atoms with van der Waals surface area (Å²) in [6, 6.07) is 2.86. The molecule has 0 unspecified atom stereocenters. The molecular weight excluding hydrogens is 214 g/mol. The molecule has 1 aliphatic rings. The Morgan fingerprint density at radius 2 is 2.24 bits per heavy atom. The molecule has 0 aromatic carbocycles. The number of hydrogen-bond acceptors (Lipinski definition) is 4. The number of rotatable bonds is 4. The van der Waals surface area contributed by atoms with E-state index < -0.39 is 0 Å². The van der Waals surface area contributed by atoms with E-state index in [1.165, 1.54) is 18.4 Å². The third kappa shape index (κ3) is 2.34. The van der Waals surface area contributed by atoms with Crippen molar-refractivity contribution in [1.29, 1.82) is 0 Å². The fourth-order valence-corrected chi connectivity index (χ4v) is 1.83. The van der Waals surface area contributed by atoms with Crippen molar-refractivity contribution < 1.29 is 0 Å². The van der Waals surface area contributed by atoms with Crippen LogP contribution >= 0.6 is 0 Å². The SMILES string of the molecule is Cn1nncc1-c1cncc(CNC2CC2)c1. The van der Waals surface area contributed by atoms with E-state index in [0.717, 1.165) is 23.8 Å². The van der Waals surface area contributed by atoms with Gasteiger partial charge in [-0.05, 0) is 24.5 Å². The quantitative estimate of drug-likeness (QED) is 0.854. The van der Waals surface area contributed by atoms with E-state index in [0.29, 0.717) is 0 Å². The summed E-state index contributed by atoms with van der Waals surface area (Å²) in [5.74, 6) is 0. The summed E-state index contributed by atoms with van der Waals surface area (Å²) in [4.78, 5) is 4.27. The van der Waals surface area contributed by atoms with Crippen LogP contribution in [0.25, 0.3) is 11.3 Å². The zero-order valence-corrected chi connectivity index (χ0v) is 9.80. The first kappa shape index (κ1) is 10.4. The van der Waals surface area contributed by atoms with Crippen molar-refractivity contribution in [3.8, 4) is 11.3 Å². The number of aromatic nitrogens is 4. The normalized spacial score (nSPS) is 15.1. The molecule has 0 saturated heterocycles. The van der Waals surface area contributed by atoms with Crippen molar-refractivity contribution >= 4 is 0 Å². The number of nitrogens with one attached hydrogen (secondary N) is 1. The van der Waals surface area contributed by atoms with E-state index in [-0.39, 0.29) is 0 Å². The lowest BCUT2D eigenvalue weighted by Crippen LogP contribution is -2.15. The first-order chi connectivity index (χ1) is 8.33. The van der Waals surface area contributed by atoms with E-state index in [9.17, 15) is 0 Å². The highest BCUT2D eigenvalue weighted by atomic mass is 15.4. The molecule has 5 heteroatoms. The molecule has 2 aromatic heterocycles. The third-order valence-electron chi connectivity index (χ3n) is 2.98. The van der Waals surface area contributed by atoms with Gasteiger partial charge in [-0.25, -0.2) is 4.68 Å². The molecule has 0 atom stereocenters. The average molecular weight is 229 g/mol. The van der Waals surface area contributed by atoms with Crippen LogP contribution in [0.1, 0.15) is 18.4 Å². The zero-order valence-electron chi connectivity index (χ0n) is 9.80. The van der Waals surface area contributed by atoms with Crippen molar-refractivity contribution in [2.24, 2.45) is 7.05 Å². The predicted molar refractivity (Wildman–Crippen MR) is 64.1 cm³/mol.